The summed E-state index contributed by atoms with van der Waals surface area (Å²) >= 11 is 6.12. The Labute approximate surface area is 192 Å². The predicted octanol–water partition coefficient (Wildman–Crippen LogP) is 5.42. The van der Waals surface area contributed by atoms with Crippen LogP contribution in [0.15, 0.2) is 36.7 Å². The van der Waals surface area contributed by atoms with Crippen LogP contribution in [0.25, 0.3) is 21.8 Å². The molecule has 3 aromatic heterocycles. The Morgan fingerprint density at radius 2 is 1.85 bits per heavy atom. The second-order valence-electron chi connectivity index (χ2n) is 8.36. The standard InChI is InChI=1S/C22H21ClF3N7/c1-33-11-16-19(32-33)10-27-31-21(16)29-14-4-2-3-13(8-14)28-18-9-20(22(24,25)26)30-17-6-5-12(23)7-15(17)18/h5-7,9-11,13-14H,2-4,8H2,1H3,(H,28,30)(H,29,31)/t13-,14+/m0/s1. The van der Waals surface area contributed by atoms with E-state index in [1.807, 2.05) is 13.2 Å². The number of nitrogens with zero attached hydrogens (tertiary/aromatic N) is 5. The number of aromatic nitrogens is 5. The van der Waals surface area contributed by atoms with Crippen molar-refractivity contribution in [2.24, 2.45) is 7.05 Å². The Morgan fingerprint density at radius 3 is 2.64 bits per heavy atom. The van der Waals surface area contributed by atoms with Crippen LogP contribution in [0.2, 0.25) is 5.02 Å². The molecule has 33 heavy (non-hydrogen) atoms. The number of anilines is 2. The maximum atomic E-state index is 13.4. The van der Waals surface area contributed by atoms with E-state index in [4.69, 9.17) is 11.6 Å². The van der Waals surface area contributed by atoms with E-state index in [2.05, 4.69) is 30.9 Å². The second kappa shape index (κ2) is 8.33. The van der Waals surface area contributed by atoms with Crippen molar-refractivity contribution in [3.8, 4) is 0 Å². The van der Waals surface area contributed by atoms with E-state index in [-0.39, 0.29) is 17.6 Å². The van der Waals surface area contributed by atoms with Crippen LogP contribution in [-0.4, -0.2) is 37.0 Å². The fraction of sp³-hybridized carbons (Fsp3) is 0.364. The number of hydrogen-bond acceptors (Lipinski definition) is 6. The van der Waals surface area contributed by atoms with E-state index < -0.39 is 11.9 Å². The Balaban J connectivity index is 1.40. The number of rotatable bonds is 4. The third-order valence-corrected chi connectivity index (χ3v) is 6.12. The first-order valence-corrected chi connectivity index (χ1v) is 11.0. The van der Waals surface area contributed by atoms with Crippen molar-refractivity contribution in [1.29, 1.82) is 0 Å². The Hall–Kier alpha value is -3.14. The smallest absolute Gasteiger partial charge is 0.382 e. The number of nitrogens with one attached hydrogen (secondary N) is 2. The van der Waals surface area contributed by atoms with Gasteiger partial charge in [-0.25, -0.2) is 4.98 Å². The number of aryl methyl sites for hydroxylation is 1. The number of benzene rings is 1. The lowest BCUT2D eigenvalue weighted by Gasteiger charge is -2.31. The monoisotopic (exact) mass is 475 g/mol. The quantitative estimate of drug-likeness (QED) is 0.410. The lowest BCUT2D eigenvalue weighted by Crippen LogP contribution is -2.34. The zero-order valence-electron chi connectivity index (χ0n) is 17.7. The highest BCUT2D eigenvalue weighted by Crippen LogP contribution is 2.35. The van der Waals surface area contributed by atoms with Crippen molar-refractivity contribution in [3.63, 3.8) is 0 Å². The second-order valence-corrected chi connectivity index (χ2v) is 8.79. The van der Waals surface area contributed by atoms with Crippen molar-refractivity contribution in [3.05, 3.63) is 47.4 Å². The van der Waals surface area contributed by atoms with Crippen molar-refractivity contribution in [2.75, 3.05) is 10.6 Å². The topological polar surface area (TPSA) is 80.5 Å². The summed E-state index contributed by atoms with van der Waals surface area (Å²) in [5, 5.41) is 21.3. The summed E-state index contributed by atoms with van der Waals surface area (Å²) in [6.45, 7) is 0. The zero-order valence-corrected chi connectivity index (χ0v) is 18.5. The number of fused-ring (bicyclic) bond motifs is 2. The van der Waals surface area contributed by atoms with Crippen molar-refractivity contribution < 1.29 is 13.2 Å². The predicted molar refractivity (Wildman–Crippen MR) is 121 cm³/mol. The van der Waals surface area contributed by atoms with Crippen LogP contribution in [-0.2, 0) is 13.2 Å². The maximum Gasteiger partial charge on any atom is 0.433 e. The molecule has 2 N–H and O–H groups in total. The molecule has 5 rings (SSSR count). The van der Waals surface area contributed by atoms with Gasteiger partial charge in [-0.3, -0.25) is 4.68 Å². The van der Waals surface area contributed by atoms with Crippen LogP contribution in [0.5, 0.6) is 0 Å². The summed E-state index contributed by atoms with van der Waals surface area (Å²) in [5.74, 6) is 0.659. The fourth-order valence-electron chi connectivity index (χ4n) is 4.41. The average Bonchev–Trinajstić information content (AvgIpc) is 3.15. The molecule has 1 aromatic carbocycles. The number of pyridine rings is 1. The first-order valence-electron chi connectivity index (χ1n) is 10.6. The van der Waals surface area contributed by atoms with E-state index in [0.29, 0.717) is 28.3 Å². The highest BCUT2D eigenvalue weighted by Gasteiger charge is 2.34. The highest BCUT2D eigenvalue weighted by atomic mass is 35.5. The van der Waals surface area contributed by atoms with Crippen LogP contribution >= 0.6 is 11.6 Å². The number of hydrogen-bond donors (Lipinski definition) is 2. The molecule has 7 nitrogen and oxygen atoms in total. The van der Waals surface area contributed by atoms with Gasteiger partial charge in [0.2, 0.25) is 0 Å². The van der Waals surface area contributed by atoms with Crippen molar-refractivity contribution >= 4 is 44.9 Å². The molecule has 0 amide bonds. The van der Waals surface area contributed by atoms with Gasteiger partial charge in [-0.05, 0) is 49.9 Å². The normalized spacial score (nSPS) is 19.2. The van der Waals surface area contributed by atoms with Crippen molar-refractivity contribution in [1.82, 2.24) is 25.0 Å². The maximum absolute atomic E-state index is 13.4. The van der Waals surface area contributed by atoms with E-state index in [0.717, 1.165) is 36.2 Å². The molecular weight excluding hydrogens is 455 g/mol. The van der Waals surface area contributed by atoms with E-state index in [9.17, 15) is 13.2 Å². The first-order chi connectivity index (χ1) is 15.8. The van der Waals surface area contributed by atoms with Crippen LogP contribution < -0.4 is 10.6 Å². The van der Waals surface area contributed by atoms with Gasteiger partial charge in [0.05, 0.1) is 17.1 Å². The largest absolute Gasteiger partial charge is 0.433 e. The van der Waals surface area contributed by atoms with Crippen LogP contribution in [0.4, 0.5) is 24.7 Å². The molecule has 11 heteroatoms. The summed E-state index contributed by atoms with van der Waals surface area (Å²) in [5.41, 5.74) is 0.458. The minimum Gasteiger partial charge on any atom is -0.382 e. The molecule has 0 saturated heterocycles. The van der Waals surface area contributed by atoms with Gasteiger partial charge >= 0.3 is 6.18 Å². The van der Waals surface area contributed by atoms with Gasteiger partial charge < -0.3 is 10.6 Å². The summed E-state index contributed by atoms with van der Waals surface area (Å²) in [7, 11) is 1.84. The summed E-state index contributed by atoms with van der Waals surface area (Å²) in [6.07, 6.45) is 2.35. The van der Waals surface area contributed by atoms with Gasteiger partial charge in [0, 0.05) is 41.4 Å². The fourth-order valence-corrected chi connectivity index (χ4v) is 4.59. The minimum absolute atomic E-state index is 0.0250. The summed E-state index contributed by atoms with van der Waals surface area (Å²) < 4.78 is 42.0. The van der Waals surface area contributed by atoms with Gasteiger partial charge in [-0.15, -0.1) is 5.10 Å². The molecule has 1 aliphatic carbocycles. The zero-order chi connectivity index (χ0) is 23.2. The van der Waals surface area contributed by atoms with Crippen LogP contribution in [0.1, 0.15) is 31.4 Å². The lowest BCUT2D eigenvalue weighted by molar-refractivity contribution is -0.140. The van der Waals surface area contributed by atoms with Crippen LogP contribution in [0.3, 0.4) is 0 Å². The molecule has 1 aliphatic rings. The van der Waals surface area contributed by atoms with Gasteiger partial charge in [0.1, 0.15) is 11.2 Å². The number of alkyl halides is 3. The molecule has 1 fully saturated rings. The molecule has 0 radical (unpaired) electrons. The Kier molecular flexibility index (Phi) is 5.48. The SMILES string of the molecule is Cn1cc2c(N[C@@H]3CCC[C@H](Nc4cc(C(F)(F)F)nc5ccc(Cl)cc45)C3)nncc2n1. The summed E-state index contributed by atoms with van der Waals surface area (Å²) in [6, 6.07) is 5.83. The minimum atomic E-state index is -4.54. The van der Waals surface area contributed by atoms with Gasteiger partial charge in [-0.2, -0.15) is 23.4 Å². The molecule has 0 bridgehead atoms. The van der Waals surface area contributed by atoms with Gasteiger partial charge in [0.25, 0.3) is 0 Å². The average molecular weight is 476 g/mol. The number of halogens is 4. The molecule has 4 aromatic rings. The lowest BCUT2D eigenvalue weighted by atomic mass is 9.90. The third kappa shape index (κ3) is 4.52. The van der Waals surface area contributed by atoms with Crippen molar-refractivity contribution in [2.45, 2.75) is 43.9 Å². The molecule has 172 valence electrons. The molecule has 0 unspecified atom stereocenters. The van der Waals surface area contributed by atoms with E-state index in [1.54, 1.807) is 23.0 Å². The molecular formula is C22H21ClF3N7. The molecule has 2 atom stereocenters. The first kappa shape index (κ1) is 21.7. The Morgan fingerprint density at radius 1 is 1.06 bits per heavy atom. The summed E-state index contributed by atoms with van der Waals surface area (Å²) in [4.78, 5) is 3.78. The van der Waals surface area contributed by atoms with Gasteiger partial charge in [-0.1, -0.05) is 11.6 Å². The molecule has 1 saturated carbocycles. The van der Waals surface area contributed by atoms with E-state index >= 15 is 0 Å². The molecule has 3 heterocycles. The highest BCUT2D eigenvalue weighted by molar-refractivity contribution is 6.31. The van der Waals surface area contributed by atoms with Gasteiger partial charge in [0.15, 0.2) is 5.82 Å². The molecule has 0 aliphatic heterocycles. The van der Waals surface area contributed by atoms with E-state index in [1.165, 1.54) is 6.07 Å². The third-order valence-electron chi connectivity index (χ3n) is 5.89. The molecule has 0 spiro atoms. The Bertz CT molecular complexity index is 1320. The van der Waals surface area contributed by atoms with Crippen LogP contribution in [0, 0.1) is 0 Å².